The quantitative estimate of drug-likeness (QED) is 0.138. The topological polar surface area (TPSA) is 44.4 Å². The molecule has 19 aromatic carbocycles. The van der Waals surface area contributed by atoms with Gasteiger partial charge in [-0.15, -0.1) is 0 Å². The second-order valence-electron chi connectivity index (χ2n) is 33.2. The van der Waals surface area contributed by atoms with Crippen LogP contribution in [0.25, 0.3) is 247 Å². The highest BCUT2D eigenvalue weighted by atomic mass is 19.1. The summed E-state index contributed by atoms with van der Waals surface area (Å²) in [6.07, 6.45) is 0. The van der Waals surface area contributed by atoms with Crippen molar-refractivity contribution in [3.05, 3.63) is 418 Å². The molecule has 576 valence electrons. The summed E-state index contributed by atoms with van der Waals surface area (Å²) < 4.78 is 42.5. The fraction of sp³-hybridized carbons (Fsp3) is 0. The zero-order valence-electron chi connectivity index (χ0n) is 66.7. The Kier molecular flexibility index (Phi) is 13.7. The van der Waals surface area contributed by atoms with E-state index in [9.17, 15) is 0 Å². The van der Waals surface area contributed by atoms with Gasteiger partial charge in [0.05, 0.1) is 116 Å². The van der Waals surface area contributed by atoms with Gasteiger partial charge in [-0.1, -0.05) is 218 Å². The van der Waals surface area contributed by atoms with Crippen LogP contribution in [0.15, 0.2) is 413 Å². The van der Waals surface area contributed by atoms with Gasteiger partial charge in [-0.25, -0.2) is 4.39 Å². The lowest BCUT2D eigenvalue weighted by atomic mass is 10.1. The minimum absolute atomic E-state index is 0.388. The zero-order valence-corrected chi connectivity index (χ0v) is 66.7. The molecular weight excluding hydrogens is 1510 g/mol. The van der Waals surface area contributed by atoms with Crippen LogP contribution in [-0.2, 0) is 0 Å². The highest BCUT2D eigenvalue weighted by molar-refractivity contribution is 6.20. The molecule has 0 aliphatic carbocycles. The number of benzene rings is 19. The molecule has 9 heterocycles. The fourth-order valence-electron chi connectivity index (χ4n) is 21.9. The van der Waals surface area contributed by atoms with Crippen LogP contribution in [0.3, 0.4) is 0 Å². The monoisotopic (exact) mass is 1580 g/mol. The highest BCUT2D eigenvalue weighted by Crippen LogP contribution is 2.48. The second kappa shape index (κ2) is 25.2. The first-order valence-electron chi connectivity index (χ1n) is 42.5. The molecule has 0 saturated heterocycles. The average Bonchev–Trinajstić information content (AvgIpc) is 1.54. The van der Waals surface area contributed by atoms with Crippen molar-refractivity contribution in [1.29, 1.82) is 0 Å². The van der Waals surface area contributed by atoms with Crippen LogP contribution in [0.4, 0.5) is 4.39 Å². The predicted molar refractivity (Wildman–Crippen MR) is 515 cm³/mol. The third kappa shape index (κ3) is 9.18. The van der Waals surface area contributed by atoms with Crippen molar-refractivity contribution in [2.45, 2.75) is 0 Å². The lowest BCUT2D eigenvalue weighted by molar-refractivity contribution is 0.614. The van der Waals surface area contributed by atoms with Crippen LogP contribution in [0.1, 0.15) is 0 Å². The molecule has 0 unspecified atom stereocenters. The van der Waals surface area contributed by atoms with Crippen LogP contribution >= 0.6 is 0 Å². The van der Waals surface area contributed by atoms with E-state index in [0.29, 0.717) is 11.4 Å². The van der Waals surface area contributed by atoms with E-state index in [0.717, 1.165) is 171 Å². The lowest BCUT2D eigenvalue weighted by Crippen LogP contribution is -2.08. The molecule has 124 heavy (non-hydrogen) atoms. The van der Waals surface area contributed by atoms with Crippen molar-refractivity contribution in [1.82, 2.24) is 41.1 Å². The summed E-state index contributed by atoms with van der Waals surface area (Å²) in [4.78, 5) is 0. The summed E-state index contributed by atoms with van der Waals surface area (Å²) in [5.74, 6) is -0.389. The van der Waals surface area contributed by atoms with Crippen molar-refractivity contribution in [3.8, 4) is 51.2 Å². The molecule has 0 amide bonds. The van der Waals surface area contributed by atoms with Crippen LogP contribution in [-0.4, -0.2) is 41.1 Å². The summed E-state index contributed by atoms with van der Waals surface area (Å²) in [6.45, 7) is 0. The molecule has 0 bridgehead atoms. The van der Waals surface area contributed by atoms with Crippen molar-refractivity contribution < 1.29 is 4.39 Å². The summed E-state index contributed by atoms with van der Waals surface area (Å²) in [7, 11) is 0. The molecule has 0 spiro atoms. The Hall–Kier alpha value is -16.7. The van der Waals surface area contributed by atoms with Gasteiger partial charge in [0.2, 0.25) is 0 Å². The predicted octanol–water partition coefficient (Wildman–Crippen LogP) is 29.7. The number of aromatic nitrogens is 9. The molecule has 0 saturated carbocycles. The van der Waals surface area contributed by atoms with Crippen molar-refractivity contribution in [3.63, 3.8) is 0 Å². The molecule has 9 aromatic heterocycles. The third-order valence-corrected chi connectivity index (χ3v) is 27.0. The molecule has 28 aromatic rings. The van der Waals surface area contributed by atoms with E-state index >= 15 is 4.39 Å². The van der Waals surface area contributed by atoms with Crippen LogP contribution < -0.4 is 0 Å². The van der Waals surface area contributed by atoms with E-state index in [2.05, 4.69) is 454 Å². The minimum Gasteiger partial charge on any atom is -0.309 e. The molecule has 28 rings (SSSR count). The third-order valence-electron chi connectivity index (χ3n) is 27.0. The number of halogens is 1. The number of hydrogen-bond donors (Lipinski definition) is 0. The van der Waals surface area contributed by atoms with Gasteiger partial charge in [-0.3, -0.25) is 0 Å². The van der Waals surface area contributed by atoms with Gasteiger partial charge < -0.3 is 41.1 Å². The van der Waals surface area contributed by atoms with Gasteiger partial charge in [0, 0.05) is 131 Å². The van der Waals surface area contributed by atoms with Gasteiger partial charge >= 0.3 is 0 Å². The Morgan fingerprint density at radius 3 is 0.403 bits per heavy atom. The van der Waals surface area contributed by atoms with Crippen molar-refractivity contribution in [2.24, 2.45) is 0 Å². The number of hydrogen-bond acceptors (Lipinski definition) is 0. The summed E-state index contributed by atoms with van der Waals surface area (Å²) in [6, 6.07) is 150. The maximum Gasteiger partial charge on any atom is 0.171 e. The largest absolute Gasteiger partial charge is 0.309 e. The Morgan fingerprint density at radius 1 is 0.113 bits per heavy atom. The molecule has 10 heteroatoms. The van der Waals surface area contributed by atoms with E-state index in [-0.39, 0.29) is 5.82 Å². The van der Waals surface area contributed by atoms with E-state index in [1.165, 1.54) is 64.6 Å². The van der Waals surface area contributed by atoms with Crippen molar-refractivity contribution >= 4 is 196 Å². The molecule has 0 aliphatic heterocycles. The average molecular weight is 1580 g/mol. The van der Waals surface area contributed by atoms with Gasteiger partial charge in [0.15, 0.2) is 5.82 Å². The summed E-state index contributed by atoms with van der Waals surface area (Å²) in [5, 5.41) is 20.1. The number of para-hydroxylation sites is 12. The first-order valence-corrected chi connectivity index (χ1v) is 42.5. The Bertz CT molecular complexity index is 8360. The number of rotatable bonds is 9. The molecule has 0 fully saturated rings. The molecule has 0 aliphatic rings. The highest BCUT2D eigenvalue weighted by Gasteiger charge is 2.29. The van der Waals surface area contributed by atoms with Crippen LogP contribution in [0.5, 0.6) is 0 Å². The first kappa shape index (κ1) is 67.2. The SMILES string of the molecule is Fc1c(-n2c3ccc(-n4c5ccccc5c5ccccc54)cc3c3cc(-n4c5ccccc5c5ccccc54)ccc32)cc(-n2c3ccc(-n4c5ccccc5c5ccccc54)cc3c3cc(-n4c5ccccc5c5ccccc54)ccc32)cc1-n1c2ccc(-n3c4ccccc4c4ccccc43)cc2c2cc(-n3c4ccccc4c4ccccc43)ccc21. The van der Waals surface area contributed by atoms with Gasteiger partial charge in [-0.2, -0.15) is 0 Å². The van der Waals surface area contributed by atoms with Gasteiger partial charge in [-0.05, 0) is 194 Å². The number of nitrogens with zero attached hydrogens (tertiary/aromatic N) is 9. The van der Waals surface area contributed by atoms with E-state index in [4.69, 9.17) is 0 Å². The molecule has 0 radical (unpaired) electrons. The van der Waals surface area contributed by atoms with E-state index in [1.54, 1.807) is 0 Å². The van der Waals surface area contributed by atoms with Gasteiger partial charge in [0.25, 0.3) is 0 Å². The Balaban J connectivity index is 0.769. The lowest BCUT2D eigenvalue weighted by Gasteiger charge is -2.19. The van der Waals surface area contributed by atoms with Gasteiger partial charge in [0.1, 0.15) is 0 Å². The second-order valence-corrected chi connectivity index (χ2v) is 33.2. The Labute approximate surface area is 706 Å². The normalized spacial score (nSPS) is 12.4. The maximum absolute atomic E-state index is 21.2. The van der Waals surface area contributed by atoms with E-state index < -0.39 is 0 Å². The van der Waals surface area contributed by atoms with E-state index in [1.807, 2.05) is 0 Å². The molecule has 0 atom stereocenters. The molecule has 9 nitrogen and oxygen atoms in total. The maximum atomic E-state index is 21.2. The summed E-state index contributed by atoms with van der Waals surface area (Å²) >= 11 is 0. The van der Waals surface area contributed by atoms with Crippen molar-refractivity contribution in [2.75, 3.05) is 0 Å². The molecular formula is C114H68FN9. The smallest absolute Gasteiger partial charge is 0.171 e. The van der Waals surface area contributed by atoms with Crippen LogP contribution in [0, 0.1) is 5.82 Å². The fourth-order valence-corrected chi connectivity index (χ4v) is 21.9. The first-order chi connectivity index (χ1) is 61.5. The minimum atomic E-state index is -0.389. The summed E-state index contributed by atoms with van der Waals surface area (Å²) in [5.41, 5.74) is 26.3. The zero-order chi connectivity index (χ0) is 80.8. The Morgan fingerprint density at radius 2 is 0.242 bits per heavy atom. The molecule has 0 N–H and O–H groups in total. The number of fused-ring (bicyclic) bond motifs is 27. The standard InChI is InChI=1S/C114H68FN9/c115-114-112(123-108-57-51-71(118-98-41-17-5-29-80(98)81-30-6-18-42-99(81)118)63-90(108)91-64-72(52-58-109(91)123)119-100-43-19-7-31-82(100)83-32-8-20-44-101(83)119)67-75(122-106-55-49-69(116-94-37-13-1-25-76(94)77-26-2-14-38-95(77)116)61-88(106)89-62-70(50-56-107(89)122)117-96-39-15-3-27-78(96)79-28-4-16-40-97(79)117)68-113(114)124-110-59-53-73(120-102-45-21-9-33-84(102)85-34-10-22-46-103(85)120)65-92(110)93-66-74(54-60-111(93)124)121-104-47-23-11-35-86(104)87-36-12-24-48-105(87)121/h1-68H. The van der Waals surface area contributed by atoms with Crippen LogP contribution in [0.2, 0.25) is 0 Å².